The third-order valence-corrected chi connectivity index (χ3v) is 7.44. The molecule has 1 unspecified atom stereocenters. The van der Waals surface area contributed by atoms with Gasteiger partial charge in [0.05, 0.1) is 18.0 Å². The highest BCUT2D eigenvalue weighted by molar-refractivity contribution is 7.89. The van der Waals surface area contributed by atoms with Gasteiger partial charge in [0.1, 0.15) is 11.0 Å². The number of pyridine rings is 1. The summed E-state index contributed by atoms with van der Waals surface area (Å²) in [6, 6.07) is 3.15. The highest BCUT2D eigenvalue weighted by atomic mass is 32.2. The third-order valence-electron chi connectivity index (χ3n) is 4.52. The van der Waals surface area contributed by atoms with Gasteiger partial charge in [0.15, 0.2) is 0 Å². The topological polar surface area (TPSA) is 92.3 Å². The second-order valence-corrected chi connectivity index (χ2v) is 9.50. The minimum absolute atomic E-state index is 0.0819. The van der Waals surface area contributed by atoms with E-state index in [0.29, 0.717) is 25.9 Å². The largest absolute Gasteiger partial charge is 0.348 e. The number of piperidine rings is 1. The number of hydrogen-bond acceptors (Lipinski definition) is 6. The molecule has 7 nitrogen and oxygen atoms in total. The maximum Gasteiger partial charge on any atom is 0.238 e. The van der Waals surface area contributed by atoms with Crippen LogP contribution in [-0.2, 0) is 21.4 Å². The van der Waals surface area contributed by atoms with Gasteiger partial charge in [-0.2, -0.15) is 4.31 Å². The molecule has 0 spiro atoms. The Bertz CT molecular complexity index is 868. The minimum atomic E-state index is -3.39. The molecule has 0 bridgehead atoms. The van der Waals surface area contributed by atoms with Crippen molar-refractivity contribution in [2.24, 2.45) is 0 Å². The molecule has 27 heavy (non-hydrogen) atoms. The number of rotatable bonds is 7. The Hall–Kier alpha value is -1.84. The Kier molecular flexibility index (Phi) is 6.56. The molecule has 1 fully saturated rings. The zero-order valence-electron chi connectivity index (χ0n) is 15.3. The van der Waals surface area contributed by atoms with Gasteiger partial charge in [-0.3, -0.25) is 9.78 Å². The van der Waals surface area contributed by atoms with Crippen LogP contribution in [0.3, 0.4) is 0 Å². The van der Waals surface area contributed by atoms with Gasteiger partial charge < -0.3 is 5.32 Å². The first-order chi connectivity index (χ1) is 13.0. The Morgan fingerprint density at radius 2 is 2.11 bits per heavy atom. The zero-order valence-corrected chi connectivity index (χ0v) is 16.9. The fourth-order valence-electron chi connectivity index (χ4n) is 3.20. The lowest BCUT2D eigenvalue weighted by Gasteiger charge is -2.33. The maximum absolute atomic E-state index is 12.7. The van der Waals surface area contributed by atoms with Gasteiger partial charge in [-0.1, -0.05) is 13.3 Å². The van der Waals surface area contributed by atoms with E-state index in [1.165, 1.54) is 15.6 Å². The van der Waals surface area contributed by atoms with E-state index in [2.05, 4.69) is 15.3 Å². The van der Waals surface area contributed by atoms with E-state index in [0.717, 1.165) is 29.1 Å². The zero-order chi connectivity index (χ0) is 19.3. The molecule has 1 aliphatic heterocycles. The lowest BCUT2D eigenvalue weighted by Crippen LogP contribution is -2.52. The van der Waals surface area contributed by atoms with Gasteiger partial charge in [0.2, 0.25) is 15.9 Å². The number of aromatic nitrogens is 2. The first kappa shape index (κ1) is 19.9. The molecule has 1 atom stereocenters. The van der Waals surface area contributed by atoms with Gasteiger partial charge in [-0.15, -0.1) is 11.3 Å². The molecule has 0 aromatic carbocycles. The van der Waals surface area contributed by atoms with Crippen LogP contribution in [0.2, 0.25) is 0 Å². The van der Waals surface area contributed by atoms with E-state index in [1.54, 1.807) is 12.4 Å². The number of nitrogens with one attached hydrogen (secondary N) is 1. The van der Waals surface area contributed by atoms with Crippen LogP contribution in [0.15, 0.2) is 29.9 Å². The molecular weight excluding hydrogens is 384 g/mol. The van der Waals surface area contributed by atoms with Crippen LogP contribution < -0.4 is 5.32 Å². The Morgan fingerprint density at radius 3 is 2.85 bits per heavy atom. The lowest BCUT2D eigenvalue weighted by atomic mass is 10.0. The molecular formula is C18H24N4O3S2. The van der Waals surface area contributed by atoms with Crippen LogP contribution in [0.25, 0.3) is 11.3 Å². The number of thiazole rings is 1. The second-order valence-electron chi connectivity index (χ2n) is 6.52. The number of hydrogen-bond donors (Lipinski definition) is 1. The summed E-state index contributed by atoms with van der Waals surface area (Å²) in [6.07, 6.45) is 6.20. The summed E-state index contributed by atoms with van der Waals surface area (Å²) >= 11 is 1.47. The predicted molar refractivity (Wildman–Crippen MR) is 106 cm³/mol. The quantitative estimate of drug-likeness (QED) is 0.760. The number of carbonyl (C=O) groups is 1. The molecule has 3 rings (SSSR count). The summed E-state index contributed by atoms with van der Waals surface area (Å²) in [5, 5.41) is 5.59. The van der Waals surface area contributed by atoms with E-state index in [1.807, 2.05) is 24.4 Å². The molecule has 0 aliphatic carbocycles. The first-order valence-electron chi connectivity index (χ1n) is 9.13. The molecule has 1 aliphatic rings. The van der Waals surface area contributed by atoms with Crippen LogP contribution in [0.5, 0.6) is 0 Å². The summed E-state index contributed by atoms with van der Waals surface area (Å²) in [5.41, 5.74) is 1.82. The maximum atomic E-state index is 12.7. The van der Waals surface area contributed by atoms with Gasteiger partial charge in [-0.25, -0.2) is 13.4 Å². The van der Waals surface area contributed by atoms with Crippen molar-refractivity contribution in [2.45, 2.75) is 45.2 Å². The SMILES string of the molecule is CCCS(=O)(=O)N1CCCCC1C(=O)NCc1nc(-c2ccncc2)cs1. The summed E-state index contributed by atoms with van der Waals surface area (Å²) in [7, 11) is -3.39. The Morgan fingerprint density at radius 1 is 1.33 bits per heavy atom. The average Bonchev–Trinajstić information content (AvgIpc) is 3.16. The van der Waals surface area contributed by atoms with Crippen LogP contribution in [0.1, 0.15) is 37.6 Å². The van der Waals surface area contributed by atoms with Crippen molar-refractivity contribution >= 4 is 27.3 Å². The molecule has 1 amide bonds. The number of sulfonamides is 1. The van der Waals surface area contributed by atoms with Gasteiger partial charge in [-0.05, 0) is 31.4 Å². The van der Waals surface area contributed by atoms with Crippen molar-refractivity contribution in [3.63, 3.8) is 0 Å². The highest BCUT2D eigenvalue weighted by Crippen LogP contribution is 2.23. The number of nitrogens with zero attached hydrogens (tertiary/aromatic N) is 3. The van der Waals surface area contributed by atoms with E-state index in [-0.39, 0.29) is 11.7 Å². The Balaban J connectivity index is 1.63. The van der Waals surface area contributed by atoms with Gasteiger partial charge in [0.25, 0.3) is 0 Å². The molecule has 0 radical (unpaired) electrons. The Labute approximate surface area is 163 Å². The summed E-state index contributed by atoms with van der Waals surface area (Å²) in [5.74, 6) is -0.159. The molecule has 2 aromatic rings. The number of amides is 1. The lowest BCUT2D eigenvalue weighted by molar-refractivity contribution is -0.125. The monoisotopic (exact) mass is 408 g/mol. The molecule has 0 saturated carbocycles. The fraction of sp³-hybridized carbons (Fsp3) is 0.500. The molecule has 9 heteroatoms. The smallest absolute Gasteiger partial charge is 0.238 e. The summed E-state index contributed by atoms with van der Waals surface area (Å²) in [6.45, 7) is 2.55. The fourth-order valence-corrected chi connectivity index (χ4v) is 5.69. The van der Waals surface area contributed by atoms with Gasteiger partial charge >= 0.3 is 0 Å². The van der Waals surface area contributed by atoms with E-state index >= 15 is 0 Å². The summed E-state index contributed by atoms with van der Waals surface area (Å²) < 4.78 is 26.3. The van der Waals surface area contributed by atoms with Crippen molar-refractivity contribution in [3.8, 4) is 11.3 Å². The molecule has 3 heterocycles. The predicted octanol–water partition coefficient (Wildman–Crippen LogP) is 2.42. The van der Waals surface area contributed by atoms with Crippen molar-refractivity contribution in [3.05, 3.63) is 34.9 Å². The minimum Gasteiger partial charge on any atom is -0.348 e. The van der Waals surface area contributed by atoms with Crippen LogP contribution in [0, 0.1) is 0 Å². The van der Waals surface area contributed by atoms with Crippen LogP contribution >= 0.6 is 11.3 Å². The second kappa shape index (κ2) is 8.90. The van der Waals surface area contributed by atoms with Crippen molar-refractivity contribution in [2.75, 3.05) is 12.3 Å². The standard InChI is InChI=1S/C18H24N4O3S2/c1-2-11-27(24,25)22-10-4-3-5-16(22)18(23)20-12-17-21-15(13-26-17)14-6-8-19-9-7-14/h6-9,13,16H,2-5,10-12H2,1H3,(H,20,23). The van der Waals surface area contributed by atoms with Crippen LogP contribution in [0.4, 0.5) is 0 Å². The average molecular weight is 409 g/mol. The van der Waals surface area contributed by atoms with E-state index in [9.17, 15) is 13.2 Å². The van der Waals surface area contributed by atoms with Crippen molar-refractivity contribution < 1.29 is 13.2 Å². The van der Waals surface area contributed by atoms with Crippen molar-refractivity contribution in [1.82, 2.24) is 19.6 Å². The normalized spacial score (nSPS) is 18.3. The number of carbonyl (C=O) groups excluding carboxylic acids is 1. The van der Waals surface area contributed by atoms with Gasteiger partial charge in [0, 0.05) is 29.9 Å². The highest BCUT2D eigenvalue weighted by Gasteiger charge is 2.36. The third kappa shape index (κ3) is 4.91. The van der Waals surface area contributed by atoms with Crippen LogP contribution in [-0.4, -0.2) is 46.9 Å². The van der Waals surface area contributed by atoms with Crippen molar-refractivity contribution in [1.29, 1.82) is 0 Å². The van der Waals surface area contributed by atoms with E-state index < -0.39 is 16.1 Å². The van der Waals surface area contributed by atoms with E-state index in [4.69, 9.17) is 0 Å². The molecule has 2 aromatic heterocycles. The molecule has 1 N–H and O–H groups in total. The first-order valence-corrected chi connectivity index (χ1v) is 11.6. The summed E-state index contributed by atoms with van der Waals surface area (Å²) in [4.78, 5) is 21.2. The molecule has 146 valence electrons. The molecule has 1 saturated heterocycles.